The van der Waals surface area contributed by atoms with Crippen LogP contribution >= 0.6 is 0 Å². The molecule has 0 spiro atoms. The van der Waals surface area contributed by atoms with E-state index in [2.05, 4.69) is 4.98 Å². The first-order valence-electron chi connectivity index (χ1n) is 4.85. The fourth-order valence-corrected chi connectivity index (χ4v) is 1.94. The van der Waals surface area contributed by atoms with Gasteiger partial charge < -0.3 is 5.11 Å². The second-order valence-corrected chi connectivity index (χ2v) is 3.55. The molecule has 16 heavy (non-hydrogen) atoms. The molecule has 0 aliphatic heterocycles. The summed E-state index contributed by atoms with van der Waals surface area (Å²) in [5, 5.41) is 14.6. The van der Waals surface area contributed by atoms with Crippen LogP contribution in [0.5, 0.6) is 5.75 Å². The Morgan fingerprint density at radius 2 is 1.62 bits per heavy atom. The average molecular weight is 204 g/mol. The van der Waals surface area contributed by atoms with Crippen LogP contribution in [0.15, 0.2) is 48.7 Å². The van der Waals surface area contributed by atoms with Crippen LogP contribution in [0.25, 0.3) is 21.7 Å². The Bertz CT molecular complexity index is 652. The monoisotopic (exact) mass is 204 g/mol. The zero-order chi connectivity index (χ0) is 10.3. The molecule has 0 amide bonds. The van der Waals surface area contributed by atoms with E-state index < -0.39 is 0 Å². The van der Waals surface area contributed by atoms with Crippen LogP contribution in [-0.2, 0) is 0 Å². The van der Waals surface area contributed by atoms with Gasteiger partial charge in [0.2, 0.25) is 5.52 Å². The second kappa shape index (κ2) is 3.91. The van der Waals surface area contributed by atoms with E-state index in [9.17, 15) is 5.11 Å². The van der Waals surface area contributed by atoms with E-state index in [1.165, 1.54) is 0 Å². The number of hydrogen-bond acceptors (Lipinski definition) is 1. The van der Waals surface area contributed by atoms with Gasteiger partial charge in [0.1, 0.15) is 0 Å². The van der Waals surface area contributed by atoms with Gasteiger partial charge in [-0.2, -0.15) is 0 Å². The molecule has 1 N–H and O–H groups in total. The fourth-order valence-electron chi connectivity index (χ4n) is 1.94. The summed E-state index contributed by atoms with van der Waals surface area (Å²) in [7, 11) is 0. The molecule has 2 aromatic carbocycles. The van der Waals surface area contributed by atoms with E-state index in [1.807, 2.05) is 36.5 Å². The Labute approximate surface area is 96.8 Å². The van der Waals surface area contributed by atoms with Gasteiger partial charge in [0.15, 0.2) is 6.20 Å². The third-order valence-electron chi connectivity index (χ3n) is 2.64. The smallest absolute Gasteiger partial charge is 0.872 e. The van der Waals surface area contributed by atoms with Crippen molar-refractivity contribution in [2.45, 2.75) is 0 Å². The predicted molar refractivity (Wildman–Crippen MR) is 63.2 cm³/mol. The second-order valence-electron chi connectivity index (χ2n) is 3.55. The Balaban J connectivity index is 0.000000963. The molecule has 0 unspecified atom stereocenters. The Kier molecular flexibility index (Phi) is 2.59. The zero-order valence-corrected chi connectivity index (χ0v) is 8.73. The minimum absolute atomic E-state index is 0. The summed E-state index contributed by atoms with van der Waals surface area (Å²) in [6.07, 6.45) is 1.84. The normalized spacial score (nSPS) is 10.2. The van der Waals surface area contributed by atoms with Gasteiger partial charge in [-0.3, -0.25) is 0 Å². The van der Waals surface area contributed by atoms with E-state index in [4.69, 9.17) is 0 Å². The number of hydrogen-bond donors (Lipinski definition) is 0. The van der Waals surface area contributed by atoms with E-state index in [0.29, 0.717) is 0 Å². The number of rotatable bonds is 0. The van der Waals surface area contributed by atoms with Crippen molar-refractivity contribution in [1.29, 1.82) is 0 Å². The summed E-state index contributed by atoms with van der Waals surface area (Å²) in [6.45, 7) is 0. The van der Waals surface area contributed by atoms with Gasteiger partial charge in [-0.05, 0) is 17.5 Å². The maximum atomic E-state index is 11.8. The van der Waals surface area contributed by atoms with Crippen molar-refractivity contribution >= 4 is 31.8 Å². The predicted octanol–water partition coefficient (Wildman–Crippen LogP) is 1.50. The quantitative estimate of drug-likeness (QED) is 0.404. The maximum absolute atomic E-state index is 11.8. The van der Waals surface area contributed by atoms with Crippen LogP contribution < -0.4 is 10.1 Å². The third kappa shape index (κ3) is 1.44. The summed E-state index contributed by atoms with van der Waals surface area (Å²) >= 11 is 0. The van der Waals surface area contributed by atoms with E-state index in [-0.39, 0.29) is 15.9 Å². The minimum Gasteiger partial charge on any atom is -0.872 e. The molecule has 3 aromatic rings. The number of benzene rings is 2. The topological polar surface area (TPSA) is 37.2 Å². The molecule has 0 saturated carbocycles. The van der Waals surface area contributed by atoms with E-state index >= 15 is 0 Å². The molecule has 0 radical (unpaired) electrons. The number of nitrogens with one attached hydrogen (secondary N) is 1. The fraction of sp³-hybridized carbons (Fsp3) is 0. The molecule has 0 saturated heterocycles. The summed E-state index contributed by atoms with van der Waals surface area (Å²) in [6, 6.07) is 13.3. The molecule has 0 bridgehead atoms. The molecular formula is C13H9BeNO+2. The van der Waals surface area contributed by atoms with Crippen LogP contribution in [0.1, 0.15) is 0 Å². The Hall–Kier alpha value is -1.92. The largest absolute Gasteiger partial charge is 2.00 e. The number of fused-ring (bicyclic) bond motifs is 3. The van der Waals surface area contributed by atoms with Gasteiger partial charge in [0.25, 0.3) is 0 Å². The molecule has 0 fully saturated rings. The summed E-state index contributed by atoms with van der Waals surface area (Å²) in [5.41, 5.74) is 0.917. The molecule has 1 heterocycles. The molecule has 1 aromatic heterocycles. The van der Waals surface area contributed by atoms with E-state index in [1.54, 1.807) is 12.1 Å². The number of pyridine rings is 1. The molecule has 0 aliphatic rings. The zero-order valence-electron chi connectivity index (χ0n) is 8.73. The van der Waals surface area contributed by atoms with Crippen molar-refractivity contribution in [2.24, 2.45) is 0 Å². The van der Waals surface area contributed by atoms with Gasteiger partial charge in [-0.1, -0.05) is 30.0 Å². The Morgan fingerprint density at radius 1 is 0.875 bits per heavy atom. The molecule has 2 nitrogen and oxygen atoms in total. The van der Waals surface area contributed by atoms with Crippen molar-refractivity contribution < 1.29 is 10.1 Å². The van der Waals surface area contributed by atoms with Crippen LogP contribution in [0.2, 0.25) is 0 Å². The van der Waals surface area contributed by atoms with Crippen LogP contribution in [0.4, 0.5) is 0 Å². The van der Waals surface area contributed by atoms with Gasteiger partial charge in [-0.15, -0.1) is 0 Å². The summed E-state index contributed by atoms with van der Waals surface area (Å²) in [5.74, 6) is 0.0700. The standard InChI is InChI=1S/C13H9NO.Be/c15-11-5-1-3-9-6-7-10-4-2-8-14-13(10)12(9)11;/h1-8,15H;/q;+2. The molecule has 0 atom stereocenters. The van der Waals surface area contributed by atoms with Gasteiger partial charge in [0, 0.05) is 16.8 Å². The summed E-state index contributed by atoms with van der Waals surface area (Å²) < 4.78 is 0. The number of aromatic amines is 1. The molecule has 0 aliphatic carbocycles. The van der Waals surface area contributed by atoms with Crippen molar-refractivity contribution in [3.63, 3.8) is 0 Å². The van der Waals surface area contributed by atoms with Gasteiger partial charge in [0.05, 0.1) is 0 Å². The third-order valence-corrected chi connectivity index (χ3v) is 2.64. The first-order chi connectivity index (χ1) is 7.36. The van der Waals surface area contributed by atoms with Gasteiger partial charge >= 0.3 is 10.1 Å². The number of H-pyrrole nitrogens is 1. The SMILES string of the molecule is [Be+2].[O-]c1cccc2ccc3ccc[nH+]c3c12. The first kappa shape index (κ1) is 10.6. The van der Waals surface area contributed by atoms with Crippen LogP contribution in [-0.4, -0.2) is 10.1 Å². The first-order valence-corrected chi connectivity index (χ1v) is 4.85. The summed E-state index contributed by atoms with van der Waals surface area (Å²) in [4.78, 5) is 3.13. The van der Waals surface area contributed by atoms with Crippen molar-refractivity contribution in [3.05, 3.63) is 48.7 Å². The van der Waals surface area contributed by atoms with Crippen LogP contribution in [0, 0.1) is 0 Å². The minimum atomic E-state index is 0. The number of aromatic nitrogens is 1. The van der Waals surface area contributed by atoms with E-state index in [0.717, 1.165) is 21.7 Å². The average Bonchev–Trinajstić information content (AvgIpc) is 2.29. The molecule has 3 rings (SSSR count). The van der Waals surface area contributed by atoms with Gasteiger partial charge in [-0.25, -0.2) is 4.98 Å². The van der Waals surface area contributed by atoms with Crippen LogP contribution in [0.3, 0.4) is 0 Å². The molecular weight excluding hydrogens is 195 g/mol. The van der Waals surface area contributed by atoms with Crippen molar-refractivity contribution in [1.82, 2.24) is 0 Å². The van der Waals surface area contributed by atoms with Crippen molar-refractivity contribution in [3.8, 4) is 5.75 Å². The Morgan fingerprint density at radius 3 is 2.50 bits per heavy atom. The van der Waals surface area contributed by atoms with Crippen molar-refractivity contribution in [2.75, 3.05) is 0 Å². The maximum Gasteiger partial charge on any atom is 2.00 e. The molecule has 3 heteroatoms. The molecule has 72 valence electrons.